The highest BCUT2D eigenvalue weighted by atomic mass is 16.4. The highest BCUT2D eigenvalue weighted by molar-refractivity contribution is 5.80. The molecule has 0 aromatic heterocycles. The topological polar surface area (TPSA) is 49.3 Å². The van der Waals surface area contributed by atoms with Crippen LogP contribution in [0.4, 0.5) is 0 Å². The van der Waals surface area contributed by atoms with Crippen molar-refractivity contribution >= 4 is 5.97 Å². The molecule has 1 aromatic carbocycles. The lowest BCUT2D eigenvalue weighted by molar-refractivity contribution is -0.144. The number of rotatable bonds is 6. The summed E-state index contributed by atoms with van der Waals surface area (Å²) in [6.07, 6.45) is 1.02. The Kier molecular flexibility index (Phi) is 4.91. The van der Waals surface area contributed by atoms with Crippen molar-refractivity contribution in [3.63, 3.8) is 0 Å². The second-order valence-corrected chi connectivity index (χ2v) is 5.26. The van der Waals surface area contributed by atoms with Gasteiger partial charge in [-0.05, 0) is 36.9 Å². The number of nitrogens with one attached hydrogen (secondary N) is 1. The molecule has 100 valence electrons. The molecule has 0 amide bonds. The van der Waals surface area contributed by atoms with Crippen LogP contribution in [-0.4, -0.2) is 17.6 Å². The summed E-state index contributed by atoms with van der Waals surface area (Å²) in [5, 5.41) is 12.4. The summed E-state index contributed by atoms with van der Waals surface area (Å²) >= 11 is 0. The molecule has 1 unspecified atom stereocenters. The summed E-state index contributed by atoms with van der Waals surface area (Å²) in [5.74, 6) is -0.239. The minimum atomic E-state index is -1.01. The van der Waals surface area contributed by atoms with Crippen LogP contribution in [0.1, 0.15) is 38.8 Å². The molecule has 0 saturated heterocycles. The van der Waals surface area contributed by atoms with E-state index in [1.54, 1.807) is 6.92 Å². The van der Waals surface area contributed by atoms with E-state index in [1.807, 2.05) is 31.2 Å². The maximum atomic E-state index is 11.4. The van der Waals surface area contributed by atoms with Crippen LogP contribution in [0, 0.1) is 5.92 Å². The Morgan fingerprint density at radius 2 is 1.89 bits per heavy atom. The fourth-order valence-corrected chi connectivity index (χ4v) is 2.10. The predicted molar refractivity (Wildman–Crippen MR) is 73.6 cm³/mol. The molecule has 3 heteroatoms. The van der Waals surface area contributed by atoms with Crippen LogP contribution >= 0.6 is 0 Å². The third-order valence-corrected chi connectivity index (χ3v) is 3.13. The van der Waals surface area contributed by atoms with E-state index in [1.165, 1.54) is 5.56 Å². The molecular formula is C15H23NO2. The molecule has 0 heterocycles. The Balaban J connectivity index is 2.97. The lowest BCUT2D eigenvalue weighted by Gasteiger charge is -2.26. The van der Waals surface area contributed by atoms with Gasteiger partial charge in [-0.3, -0.25) is 5.32 Å². The van der Waals surface area contributed by atoms with Crippen LogP contribution in [0.25, 0.3) is 0 Å². The summed E-state index contributed by atoms with van der Waals surface area (Å²) < 4.78 is 0. The first-order valence-electron chi connectivity index (χ1n) is 6.48. The standard InChI is InChI=1S/C15H23NO2/c1-5-16-15(4,14(17)18)13-8-6-12(7-9-13)10-11(2)3/h6-9,11,16H,5,10H2,1-4H3,(H,17,18). The van der Waals surface area contributed by atoms with Crippen LogP contribution in [0.2, 0.25) is 0 Å². The average molecular weight is 249 g/mol. The van der Waals surface area contributed by atoms with E-state index >= 15 is 0 Å². The molecule has 1 rings (SSSR count). The van der Waals surface area contributed by atoms with Gasteiger partial charge in [-0.25, -0.2) is 4.79 Å². The number of carboxylic acids is 1. The van der Waals surface area contributed by atoms with Crippen molar-refractivity contribution in [2.75, 3.05) is 6.54 Å². The van der Waals surface area contributed by atoms with Crippen molar-refractivity contribution in [3.05, 3.63) is 35.4 Å². The Morgan fingerprint density at radius 3 is 2.28 bits per heavy atom. The molecule has 0 spiro atoms. The molecule has 0 aliphatic heterocycles. The maximum Gasteiger partial charge on any atom is 0.328 e. The second kappa shape index (κ2) is 6.01. The van der Waals surface area contributed by atoms with E-state index in [0.29, 0.717) is 12.5 Å². The number of likely N-dealkylation sites (N-methyl/N-ethyl adjacent to an activating group) is 1. The Hall–Kier alpha value is -1.35. The lowest BCUT2D eigenvalue weighted by Crippen LogP contribution is -2.46. The molecule has 0 radical (unpaired) electrons. The van der Waals surface area contributed by atoms with Gasteiger partial charge in [-0.2, -0.15) is 0 Å². The van der Waals surface area contributed by atoms with Crippen LogP contribution in [-0.2, 0) is 16.8 Å². The monoisotopic (exact) mass is 249 g/mol. The van der Waals surface area contributed by atoms with Gasteiger partial charge in [0.2, 0.25) is 0 Å². The van der Waals surface area contributed by atoms with Gasteiger partial charge in [0, 0.05) is 0 Å². The van der Waals surface area contributed by atoms with Crippen molar-refractivity contribution in [3.8, 4) is 0 Å². The highest BCUT2D eigenvalue weighted by Gasteiger charge is 2.33. The summed E-state index contributed by atoms with van der Waals surface area (Å²) in [5.41, 5.74) is 1.04. The zero-order chi connectivity index (χ0) is 13.8. The van der Waals surface area contributed by atoms with E-state index < -0.39 is 11.5 Å². The van der Waals surface area contributed by atoms with Crippen LogP contribution in [0.5, 0.6) is 0 Å². The van der Waals surface area contributed by atoms with E-state index in [0.717, 1.165) is 12.0 Å². The molecule has 0 aliphatic rings. The molecule has 0 bridgehead atoms. The smallest absolute Gasteiger partial charge is 0.328 e. The normalized spacial score (nSPS) is 14.5. The number of carbonyl (C=O) groups is 1. The summed E-state index contributed by atoms with van der Waals surface area (Å²) in [4.78, 5) is 11.4. The first-order valence-corrected chi connectivity index (χ1v) is 6.48. The van der Waals surface area contributed by atoms with Gasteiger partial charge in [0.1, 0.15) is 5.54 Å². The van der Waals surface area contributed by atoms with Crippen molar-refractivity contribution in [1.29, 1.82) is 0 Å². The molecule has 3 nitrogen and oxygen atoms in total. The zero-order valence-electron chi connectivity index (χ0n) is 11.7. The third-order valence-electron chi connectivity index (χ3n) is 3.13. The Labute approximate surface area is 109 Å². The largest absolute Gasteiger partial charge is 0.480 e. The second-order valence-electron chi connectivity index (χ2n) is 5.26. The average Bonchev–Trinajstić information content (AvgIpc) is 2.29. The fraction of sp³-hybridized carbons (Fsp3) is 0.533. The lowest BCUT2D eigenvalue weighted by atomic mass is 9.90. The van der Waals surface area contributed by atoms with Crippen LogP contribution < -0.4 is 5.32 Å². The van der Waals surface area contributed by atoms with Crippen molar-refractivity contribution in [2.24, 2.45) is 5.92 Å². The summed E-state index contributed by atoms with van der Waals surface area (Å²) in [6, 6.07) is 7.87. The van der Waals surface area contributed by atoms with Crippen LogP contribution in [0.3, 0.4) is 0 Å². The number of carboxylic acid groups (broad SMARTS) is 1. The van der Waals surface area contributed by atoms with E-state index in [-0.39, 0.29) is 0 Å². The van der Waals surface area contributed by atoms with E-state index in [9.17, 15) is 9.90 Å². The maximum absolute atomic E-state index is 11.4. The van der Waals surface area contributed by atoms with E-state index in [2.05, 4.69) is 19.2 Å². The van der Waals surface area contributed by atoms with Crippen LogP contribution in [0.15, 0.2) is 24.3 Å². The van der Waals surface area contributed by atoms with Gasteiger partial charge in [0.25, 0.3) is 0 Å². The summed E-state index contributed by atoms with van der Waals surface area (Å²) in [6.45, 7) is 8.59. The molecular weight excluding hydrogens is 226 g/mol. The Morgan fingerprint density at radius 1 is 1.33 bits per heavy atom. The molecule has 0 aliphatic carbocycles. The molecule has 18 heavy (non-hydrogen) atoms. The van der Waals surface area contributed by atoms with Gasteiger partial charge in [0.05, 0.1) is 0 Å². The molecule has 2 N–H and O–H groups in total. The Bertz CT molecular complexity index is 397. The van der Waals surface area contributed by atoms with Gasteiger partial charge < -0.3 is 5.11 Å². The zero-order valence-corrected chi connectivity index (χ0v) is 11.7. The molecule has 1 aromatic rings. The summed E-state index contributed by atoms with van der Waals surface area (Å²) in [7, 11) is 0. The fourth-order valence-electron chi connectivity index (χ4n) is 2.10. The van der Waals surface area contributed by atoms with Crippen molar-refractivity contribution in [2.45, 2.75) is 39.7 Å². The number of benzene rings is 1. The predicted octanol–water partition coefficient (Wildman–Crippen LogP) is 2.79. The molecule has 0 fully saturated rings. The van der Waals surface area contributed by atoms with Gasteiger partial charge >= 0.3 is 5.97 Å². The minimum absolute atomic E-state index is 0.607. The number of aliphatic carboxylic acids is 1. The first kappa shape index (κ1) is 14.7. The van der Waals surface area contributed by atoms with E-state index in [4.69, 9.17) is 0 Å². The molecule has 0 saturated carbocycles. The third kappa shape index (κ3) is 3.33. The number of hydrogen-bond donors (Lipinski definition) is 2. The first-order chi connectivity index (χ1) is 8.40. The SMILES string of the molecule is CCNC(C)(C(=O)O)c1ccc(CC(C)C)cc1. The van der Waals surface area contributed by atoms with Gasteiger partial charge in [-0.15, -0.1) is 0 Å². The highest BCUT2D eigenvalue weighted by Crippen LogP contribution is 2.22. The van der Waals surface area contributed by atoms with Gasteiger partial charge in [0.15, 0.2) is 0 Å². The number of hydrogen-bond acceptors (Lipinski definition) is 2. The van der Waals surface area contributed by atoms with Crippen molar-refractivity contribution in [1.82, 2.24) is 5.32 Å². The minimum Gasteiger partial charge on any atom is -0.480 e. The van der Waals surface area contributed by atoms with Gasteiger partial charge in [-0.1, -0.05) is 45.0 Å². The van der Waals surface area contributed by atoms with Crippen molar-refractivity contribution < 1.29 is 9.90 Å². The molecule has 1 atom stereocenters. The quantitative estimate of drug-likeness (QED) is 0.815.